The Morgan fingerprint density at radius 1 is 1.06 bits per heavy atom. The molecule has 1 fully saturated rings. The highest BCUT2D eigenvalue weighted by molar-refractivity contribution is 6.30. The van der Waals surface area contributed by atoms with E-state index in [1.165, 1.54) is 25.1 Å². The minimum atomic E-state index is -0.438. The van der Waals surface area contributed by atoms with Gasteiger partial charge in [0.05, 0.1) is 19.0 Å². The molecule has 2 aromatic carbocycles. The van der Waals surface area contributed by atoms with Gasteiger partial charge in [-0.1, -0.05) is 29.8 Å². The Hall–Kier alpha value is -2.97. The van der Waals surface area contributed by atoms with Crippen LogP contribution in [0.2, 0.25) is 5.02 Å². The average Bonchev–Trinajstić information content (AvgIpc) is 2.74. The number of anilines is 1. The van der Waals surface area contributed by atoms with Gasteiger partial charge in [-0.15, -0.1) is 0 Å². The summed E-state index contributed by atoms with van der Waals surface area (Å²) in [5.74, 6) is -0.927. The smallest absolute Gasteiger partial charge is 0.238 e. The Morgan fingerprint density at radius 3 is 2.38 bits per heavy atom. The van der Waals surface area contributed by atoms with Gasteiger partial charge in [0, 0.05) is 43.8 Å². The first-order chi connectivity index (χ1) is 15.3. The van der Waals surface area contributed by atoms with E-state index in [9.17, 15) is 18.8 Å². The van der Waals surface area contributed by atoms with Crippen LogP contribution in [0.3, 0.4) is 0 Å². The Morgan fingerprint density at radius 2 is 1.75 bits per heavy atom. The molecular formula is C23H26ClFN4O3. The van der Waals surface area contributed by atoms with Crippen LogP contribution in [-0.2, 0) is 14.4 Å². The zero-order chi connectivity index (χ0) is 23.1. The summed E-state index contributed by atoms with van der Waals surface area (Å²) in [7, 11) is 0. The minimum absolute atomic E-state index is 0.0671. The van der Waals surface area contributed by atoms with Crippen LogP contribution >= 0.6 is 11.6 Å². The van der Waals surface area contributed by atoms with Crippen molar-refractivity contribution < 1.29 is 18.8 Å². The van der Waals surface area contributed by atoms with E-state index >= 15 is 0 Å². The van der Waals surface area contributed by atoms with Crippen molar-refractivity contribution in [3.05, 3.63) is 64.9 Å². The van der Waals surface area contributed by atoms with Crippen molar-refractivity contribution in [3.8, 4) is 0 Å². The van der Waals surface area contributed by atoms with E-state index in [0.717, 1.165) is 5.56 Å². The molecule has 170 valence electrons. The van der Waals surface area contributed by atoms with Crippen molar-refractivity contribution >= 4 is 35.0 Å². The number of rotatable bonds is 7. The van der Waals surface area contributed by atoms with E-state index in [4.69, 9.17) is 11.6 Å². The van der Waals surface area contributed by atoms with Crippen LogP contribution in [-0.4, -0.2) is 60.2 Å². The summed E-state index contributed by atoms with van der Waals surface area (Å²) in [4.78, 5) is 40.4. The highest BCUT2D eigenvalue weighted by Gasteiger charge is 2.25. The number of carbonyl (C=O) groups is 3. The molecule has 7 nitrogen and oxygen atoms in total. The van der Waals surface area contributed by atoms with Crippen LogP contribution in [0.25, 0.3) is 0 Å². The van der Waals surface area contributed by atoms with Gasteiger partial charge < -0.3 is 15.5 Å². The zero-order valence-electron chi connectivity index (χ0n) is 17.8. The van der Waals surface area contributed by atoms with Gasteiger partial charge in [-0.25, -0.2) is 4.39 Å². The lowest BCUT2D eigenvalue weighted by Crippen LogP contribution is -2.51. The molecule has 1 unspecified atom stereocenters. The molecule has 2 N–H and O–H groups in total. The highest BCUT2D eigenvalue weighted by atomic mass is 35.5. The summed E-state index contributed by atoms with van der Waals surface area (Å²) in [5, 5.41) is 6.09. The van der Waals surface area contributed by atoms with E-state index in [2.05, 4.69) is 10.6 Å². The van der Waals surface area contributed by atoms with Crippen LogP contribution in [0.1, 0.15) is 24.9 Å². The monoisotopic (exact) mass is 460 g/mol. The molecule has 0 radical (unpaired) electrons. The number of nitrogens with one attached hydrogen (secondary N) is 2. The summed E-state index contributed by atoms with van der Waals surface area (Å²) < 4.78 is 13.3. The molecule has 9 heteroatoms. The predicted molar refractivity (Wildman–Crippen MR) is 121 cm³/mol. The number of nitrogens with zero attached hydrogens (tertiary/aromatic N) is 2. The first-order valence-electron chi connectivity index (χ1n) is 10.4. The molecule has 0 saturated carbocycles. The Labute approximate surface area is 191 Å². The highest BCUT2D eigenvalue weighted by Crippen LogP contribution is 2.21. The summed E-state index contributed by atoms with van der Waals surface area (Å²) in [6.07, 6.45) is 0.140. The second-order valence-corrected chi connectivity index (χ2v) is 8.16. The maximum Gasteiger partial charge on any atom is 0.238 e. The largest absolute Gasteiger partial charge is 0.349 e. The molecule has 0 aliphatic carbocycles. The zero-order valence-corrected chi connectivity index (χ0v) is 18.6. The number of hydrogen-bond acceptors (Lipinski definition) is 4. The van der Waals surface area contributed by atoms with E-state index in [1.807, 2.05) is 4.90 Å². The maximum absolute atomic E-state index is 13.3. The van der Waals surface area contributed by atoms with Gasteiger partial charge in [0.2, 0.25) is 17.7 Å². The van der Waals surface area contributed by atoms with Gasteiger partial charge in [0.25, 0.3) is 0 Å². The Kier molecular flexibility index (Phi) is 8.19. The fraction of sp³-hybridized carbons (Fsp3) is 0.348. The van der Waals surface area contributed by atoms with Crippen LogP contribution in [0, 0.1) is 5.82 Å². The average molecular weight is 461 g/mol. The lowest BCUT2D eigenvalue weighted by atomic mass is 10.0. The quantitative estimate of drug-likeness (QED) is 0.665. The van der Waals surface area contributed by atoms with Crippen molar-refractivity contribution in [1.82, 2.24) is 15.1 Å². The standard InChI is InChI=1S/C23H26ClFN4O3/c1-16(30)26-21(17-5-7-18(24)8-6-17)14-23(32)29-11-9-28(10-12-29)15-22(31)27-20-4-2-3-19(25)13-20/h2-8,13,21H,9-12,14-15H2,1H3,(H,26,30)(H,27,31). The second-order valence-electron chi connectivity index (χ2n) is 7.72. The van der Waals surface area contributed by atoms with Crippen LogP contribution < -0.4 is 10.6 Å². The first kappa shape index (κ1) is 23.7. The van der Waals surface area contributed by atoms with E-state index in [-0.39, 0.29) is 30.7 Å². The first-order valence-corrected chi connectivity index (χ1v) is 10.8. The molecular weight excluding hydrogens is 435 g/mol. The van der Waals surface area contributed by atoms with Gasteiger partial charge in [-0.3, -0.25) is 19.3 Å². The number of carbonyl (C=O) groups excluding carboxylic acids is 3. The van der Waals surface area contributed by atoms with Gasteiger partial charge in [-0.2, -0.15) is 0 Å². The fourth-order valence-corrected chi connectivity index (χ4v) is 3.75. The molecule has 0 bridgehead atoms. The number of benzene rings is 2. The van der Waals surface area contributed by atoms with Gasteiger partial charge in [-0.05, 0) is 35.9 Å². The number of halogens is 2. The topological polar surface area (TPSA) is 81.8 Å². The van der Waals surface area contributed by atoms with Crippen LogP contribution in [0.4, 0.5) is 10.1 Å². The molecule has 1 saturated heterocycles. The van der Waals surface area contributed by atoms with Crippen molar-refractivity contribution in [3.63, 3.8) is 0 Å². The Balaban J connectivity index is 1.49. The minimum Gasteiger partial charge on any atom is -0.349 e. The second kappa shape index (κ2) is 11.1. The predicted octanol–water partition coefficient (Wildman–Crippen LogP) is 2.83. The Bertz CT molecular complexity index is 962. The molecule has 1 aliphatic rings. The number of hydrogen-bond donors (Lipinski definition) is 2. The molecule has 0 spiro atoms. The molecule has 2 aromatic rings. The SMILES string of the molecule is CC(=O)NC(CC(=O)N1CCN(CC(=O)Nc2cccc(F)c2)CC1)c1ccc(Cl)cc1. The third kappa shape index (κ3) is 7.03. The third-order valence-electron chi connectivity index (χ3n) is 5.23. The van der Waals surface area contributed by atoms with E-state index < -0.39 is 11.9 Å². The van der Waals surface area contributed by atoms with Crippen molar-refractivity contribution in [2.45, 2.75) is 19.4 Å². The fourth-order valence-electron chi connectivity index (χ4n) is 3.62. The molecule has 32 heavy (non-hydrogen) atoms. The summed E-state index contributed by atoms with van der Waals surface area (Å²) in [6.45, 7) is 3.65. The molecule has 3 rings (SSSR count). The van der Waals surface area contributed by atoms with Crippen molar-refractivity contribution in [1.29, 1.82) is 0 Å². The van der Waals surface area contributed by atoms with Crippen LogP contribution in [0.15, 0.2) is 48.5 Å². The number of piperazine rings is 1. The van der Waals surface area contributed by atoms with Gasteiger partial charge >= 0.3 is 0 Å². The van der Waals surface area contributed by atoms with Gasteiger partial charge in [0.1, 0.15) is 5.82 Å². The lowest BCUT2D eigenvalue weighted by Gasteiger charge is -2.35. The molecule has 1 heterocycles. The van der Waals surface area contributed by atoms with Crippen molar-refractivity contribution in [2.75, 3.05) is 38.0 Å². The summed E-state index contributed by atoms with van der Waals surface area (Å²) >= 11 is 5.94. The summed E-state index contributed by atoms with van der Waals surface area (Å²) in [5.41, 5.74) is 1.22. The third-order valence-corrected chi connectivity index (χ3v) is 5.48. The lowest BCUT2D eigenvalue weighted by molar-refractivity contribution is -0.133. The molecule has 3 amide bonds. The molecule has 0 aromatic heterocycles. The van der Waals surface area contributed by atoms with Crippen molar-refractivity contribution in [2.24, 2.45) is 0 Å². The normalized spacial score (nSPS) is 15.2. The van der Waals surface area contributed by atoms with E-state index in [0.29, 0.717) is 36.9 Å². The number of amides is 3. The van der Waals surface area contributed by atoms with Crippen LogP contribution in [0.5, 0.6) is 0 Å². The van der Waals surface area contributed by atoms with E-state index in [1.54, 1.807) is 35.2 Å². The maximum atomic E-state index is 13.3. The molecule has 1 atom stereocenters. The molecule has 1 aliphatic heterocycles. The van der Waals surface area contributed by atoms with Gasteiger partial charge in [0.15, 0.2) is 0 Å². The summed E-state index contributed by atoms with van der Waals surface area (Å²) in [6, 6.07) is 12.4.